The fourth-order valence-electron chi connectivity index (χ4n) is 2.35. The van der Waals surface area contributed by atoms with E-state index in [9.17, 15) is 5.11 Å². The average Bonchev–Trinajstić information content (AvgIpc) is 2.52. The van der Waals surface area contributed by atoms with E-state index in [1.165, 1.54) is 0 Å². The van der Waals surface area contributed by atoms with Crippen LogP contribution in [0.5, 0.6) is 0 Å². The van der Waals surface area contributed by atoms with Gasteiger partial charge < -0.3 is 10.0 Å². The molecule has 1 aliphatic rings. The third kappa shape index (κ3) is 2.97. The molecule has 0 bridgehead atoms. The lowest BCUT2D eigenvalue weighted by Crippen LogP contribution is -2.31. The standard InChI is InChI=1S/C11H20N2O/c1-13(2)8-10(14)7-11(9-12)5-3-4-6-11/h10,14H,3-8H2,1-2H3/t10-/m1/s1. The summed E-state index contributed by atoms with van der Waals surface area (Å²) in [5, 5.41) is 18.9. The molecule has 1 N–H and O–H groups in total. The fraction of sp³-hybridized carbons (Fsp3) is 0.909. The number of hydrogen-bond acceptors (Lipinski definition) is 3. The van der Waals surface area contributed by atoms with Gasteiger partial charge in [-0.15, -0.1) is 0 Å². The minimum Gasteiger partial charge on any atom is -0.392 e. The van der Waals surface area contributed by atoms with E-state index in [2.05, 4.69) is 6.07 Å². The molecular formula is C11H20N2O. The quantitative estimate of drug-likeness (QED) is 0.739. The Balaban J connectivity index is 2.45. The predicted octanol–water partition coefficient (Wildman–Crippen LogP) is 1.38. The highest BCUT2D eigenvalue weighted by atomic mass is 16.3. The Bertz CT molecular complexity index is 214. The second-order valence-electron chi connectivity index (χ2n) is 4.72. The van der Waals surface area contributed by atoms with E-state index in [4.69, 9.17) is 5.26 Å². The van der Waals surface area contributed by atoms with Gasteiger partial charge in [0.15, 0.2) is 0 Å². The first-order valence-electron chi connectivity index (χ1n) is 5.32. The number of aliphatic hydroxyl groups excluding tert-OH is 1. The van der Waals surface area contributed by atoms with Gasteiger partial charge in [0.05, 0.1) is 17.6 Å². The Morgan fingerprint density at radius 1 is 1.43 bits per heavy atom. The van der Waals surface area contributed by atoms with E-state index in [1.54, 1.807) is 0 Å². The molecule has 1 rings (SSSR count). The highest BCUT2D eigenvalue weighted by Gasteiger charge is 2.35. The van der Waals surface area contributed by atoms with E-state index in [1.807, 2.05) is 19.0 Å². The molecule has 0 amide bonds. The molecule has 3 nitrogen and oxygen atoms in total. The van der Waals surface area contributed by atoms with Crippen LogP contribution < -0.4 is 0 Å². The van der Waals surface area contributed by atoms with Crippen molar-refractivity contribution in [1.29, 1.82) is 5.26 Å². The first-order valence-corrected chi connectivity index (χ1v) is 5.32. The lowest BCUT2D eigenvalue weighted by molar-refractivity contribution is 0.0952. The van der Waals surface area contributed by atoms with Gasteiger partial charge in [0.25, 0.3) is 0 Å². The molecule has 0 heterocycles. The van der Waals surface area contributed by atoms with Crippen LogP contribution in [-0.2, 0) is 0 Å². The first kappa shape index (κ1) is 11.5. The molecule has 0 radical (unpaired) electrons. The van der Waals surface area contributed by atoms with Crippen molar-refractivity contribution < 1.29 is 5.11 Å². The van der Waals surface area contributed by atoms with E-state index >= 15 is 0 Å². The second kappa shape index (κ2) is 4.77. The summed E-state index contributed by atoms with van der Waals surface area (Å²) in [6.45, 7) is 0.656. The Morgan fingerprint density at radius 2 is 2.00 bits per heavy atom. The second-order valence-corrected chi connectivity index (χ2v) is 4.72. The zero-order valence-electron chi connectivity index (χ0n) is 9.16. The first-order chi connectivity index (χ1) is 6.58. The van der Waals surface area contributed by atoms with Crippen LogP contribution in [0, 0.1) is 16.7 Å². The highest BCUT2D eigenvalue weighted by molar-refractivity contribution is 5.03. The third-order valence-electron chi connectivity index (χ3n) is 3.00. The molecule has 1 fully saturated rings. The van der Waals surface area contributed by atoms with Crippen LogP contribution in [0.3, 0.4) is 0 Å². The number of rotatable bonds is 4. The van der Waals surface area contributed by atoms with Crippen LogP contribution in [0.25, 0.3) is 0 Å². The van der Waals surface area contributed by atoms with Gasteiger partial charge in [-0.2, -0.15) is 5.26 Å². The topological polar surface area (TPSA) is 47.3 Å². The van der Waals surface area contributed by atoms with Crippen LogP contribution in [-0.4, -0.2) is 36.8 Å². The monoisotopic (exact) mass is 196 g/mol. The summed E-state index contributed by atoms with van der Waals surface area (Å²) < 4.78 is 0. The lowest BCUT2D eigenvalue weighted by Gasteiger charge is -2.25. The number of likely N-dealkylation sites (N-methyl/N-ethyl adjacent to an activating group) is 1. The van der Waals surface area contributed by atoms with Crippen molar-refractivity contribution in [3.05, 3.63) is 0 Å². The fourth-order valence-corrected chi connectivity index (χ4v) is 2.35. The summed E-state index contributed by atoms with van der Waals surface area (Å²) in [6.07, 6.45) is 4.50. The van der Waals surface area contributed by atoms with Gasteiger partial charge in [0.2, 0.25) is 0 Å². The summed E-state index contributed by atoms with van der Waals surface area (Å²) in [5.74, 6) is 0. The van der Waals surface area contributed by atoms with Gasteiger partial charge in [-0.25, -0.2) is 0 Å². The molecule has 0 aromatic rings. The Morgan fingerprint density at radius 3 is 2.43 bits per heavy atom. The zero-order valence-corrected chi connectivity index (χ0v) is 9.16. The minimum atomic E-state index is -0.359. The lowest BCUT2D eigenvalue weighted by atomic mass is 9.82. The molecular weight excluding hydrogens is 176 g/mol. The molecule has 0 spiro atoms. The van der Waals surface area contributed by atoms with Crippen LogP contribution in [0.4, 0.5) is 0 Å². The third-order valence-corrected chi connectivity index (χ3v) is 3.00. The van der Waals surface area contributed by atoms with Crippen molar-refractivity contribution in [3.8, 4) is 6.07 Å². The summed E-state index contributed by atoms with van der Waals surface area (Å²) in [5.41, 5.74) is -0.227. The van der Waals surface area contributed by atoms with Crippen LogP contribution in [0.1, 0.15) is 32.1 Å². The molecule has 0 unspecified atom stereocenters. The van der Waals surface area contributed by atoms with Crippen molar-refractivity contribution in [1.82, 2.24) is 4.90 Å². The Hall–Kier alpha value is -0.590. The van der Waals surface area contributed by atoms with Gasteiger partial charge in [-0.1, -0.05) is 12.8 Å². The maximum absolute atomic E-state index is 9.78. The summed E-state index contributed by atoms with van der Waals surface area (Å²) in [4.78, 5) is 1.96. The van der Waals surface area contributed by atoms with Gasteiger partial charge in [0.1, 0.15) is 0 Å². The SMILES string of the molecule is CN(C)C[C@H](O)CC1(C#N)CCCC1. The largest absolute Gasteiger partial charge is 0.392 e. The maximum atomic E-state index is 9.78. The van der Waals surface area contributed by atoms with Crippen LogP contribution in [0.15, 0.2) is 0 Å². The predicted molar refractivity (Wildman–Crippen MR) is 55.7 cm³/mol. The van der Waals surface area contributed by atoms with E-state index in [-0.39, 0.29) is 11.5 Å². The van der Waals surface area contributed by atoms with E-state index in [0.717, 1.165) is 25.7 Å². The van der Waals surface area contributed by atoms with Crippen molar-refractivity contribution >= 4 is 0 Å². The van der Waals surface area contributed by atoms with Crippen LogP contribution >= 0.6 is 0 Å². The normalized spacial score (nSPS) is 22.2. The van der Waals surface area contributed by atoms with Crippen molar-refractivity contribution in [2.45, 2.75) is 38.2 Å². The molecule has 1 aliphatic carbocycles. The van der Waals surface area contributed by atoms with Crippen molar-refractivity contribution in [2.75, 3.05) is 20.6 Å². The van der Waals surface area contributed by atoms with E-state index < -0.39 is 0 Å². The highest BCUT2D eigenvalue weighted by Crippen LogP contribution is 2.41. The molecule has 0 aromatic heterocycles. The van der Waals surface area contributed by atoms with Gasteiger partial charge in [0, 0.05) is 6.54 Å². The van der Waals surface area contributed by atoms with Crippen molar-refractivity contribution in [2.24, 2.45) is 5.41 Å². The number of nitrogens with zero attached hydrogens (tertiary/aromatic N) is 2. The van der Waals surface area contributed by atoms with Crippen molar-refractivity contribution in [3.63, 3.8) is 0 Å². The molecule has 3 heteroatoms. The number of hydrogen-bond donors (Lipinski definition) is 1. The van der Waals surface area contributed by atoms with Gasteiger partial charge in [-0.05, 0) is 33.4 Å². The molecule has 0 aliphatic heterocycles. The molecule has 80 valence electrons. The Kier molecular flexibility index (Phi) is 3.91. The Labute approximate surface area is 86.3 Å². The number of nitriles is 1. The van der Waals surface area contributed by atoms with Crippen LogP contribution in [0.2, 0.25) is 0 Å². The zero-order chi connectivity index (χ0) is 10.6. The summed E-state index contributed by atoms with van der Waals surface area (Å²) in [6, 6.07) is 2.40. The van der Waals surface area contributed by atoms with Gasteiger partial charge >= 0.3 is 0 Å². The molecule has 1 saturated carbocycles. The number of aliphatic hydroxyl groups is 1. The minimum absolute atomic E-state index is 0.227. The molecule has 0 aromatic carbocycles. The molecule has 14 heavy (non-hydrogen) atoms. The molecule has 0 saturated heterocycles. The van der Waals surface area contributed by atoms with Gasteiger partial charge in [-0.3, -0.25) is 0 Å². The summed E-state index contributed by atoms with van der Waals surface area (Å²) >= 11 is 0. The molecule has 1 atom stereocenters. The average molecular weight is 196 g/mol. The van der Waals surface area contributed by atoms with E-state index in [0.29, 0.717) is 13.0 Å². The smallest absolute Gasteiger partial charge is 0.0690 e. The maximum Gasteiger partial charge on any atom is 0.0690 e. The summed E-state index contributed by atoms with van der Waals surface area (Å²) in [7, 11) is 3.88.